The van der Waals surface area contributed by atoms with Crippen LogP contribution >= 0.6 is 0 Å². The molecule has 1 aliphatic rings. The third kappa shape index (κ3) is 2.26. The summed E-state index contributed by atoms with van der Waals surface area (Å²) < 4.78 is 38.7. The fourth-order valence-corrected chi connectivity index (χ4v) is 3.09. The van der Waals surface area contributed by atoms with Gasteiger partial charge in [-0.3, -0.25) is 4.79 Å². The molecule has 1 N–H and O–H groups in total. The van der Waals surface area contributed by atoms with Gasteiger partial charge in [-0.15, -0.1) is 0 Å². The van der Waals surface area contributed by atoms with Crippen molar-refractivity contribution in [3.63, 3.8) is 0 Å². The van der Waals surface area contributed by atoms with Crippen molar-refractivity contribution in [1.29, 1.82) is 0 Å². The molecule has 3 rings (SSSR count). The molecule has 0 unspecified atom stereocenters. The zero-order valence-electron chi connectivity index (χ0n) is 11.5. The molecule has 0 amide bonds. The smallest absolute Gasteiger partial charge is 0.416 e. The molecule has 0 heterocycles. The summed E-state index contributed by atoms with van der Waals surface area (Å²) in [5.41, 5.74) is -0.192. The van der Waals surface area contributed by atoms with Gasteiger partial charge >= 0.3 is 12.1 Å². The highest BCUT2D eigenvalue weighted by Crippen LogP contribution is 2.41. The lowest BCUT2D eigenvalue weighted by molar-refractivity contribution is -0.144. The van der Waals surface area contributed by atoms with E-state index in [9.17, 15) is 23.1 Å². The van der Waals surface area contributed by atoms with E-state index in [0.717, 1.165) is 23.3 Å². The van der Waals surface area contributed by atoms with E-state index in [0.29, 0.717) is 0 Å². The molecule has 114 valence electrons. The largest absolute Gasteiger partial charge is 0.481 e. The molecule has 0 aliphatic heterocycles. The standard InChI is InChI=1S/C17H13F3O2/c18-17(19,20)14-7-3-6-13(8-14)16(15(21)22)9-11-4-1-2-5-12(11)10-16/h1-8H,9-10H2,(H,21,22). The number of benzene rings is 2. The summed E-state index contributed by atoms with van der Waals surface area (Å²) in [5.74, 6) is -1.09. The Morgan fingerprint density at radius 1 is 1.00 bits per heavy atom. The Hall–Kier alpha value is -2.30. The van der Waals surface area contributed by atoms with Gasteiger partial charge in [0.05, 0.1) is 5.56 Å². The highest BCUT2D eigenvalue weighted by molar-refractivity contribution is 5.84. The van der Waals surface area contributed by atoms with Crippen molar-refractivity contribution in [1.82, 2.24) is 0 Å². The van der Waals surface area contributed by atoms with Crippen molar-refractivity contribution in [2.45, 2.75) is 24.4 Å². The average Bonchev–Trinajstić information content (AvgIpc) is 2.87. The fourth-order valence-electron chi connectivity index (χ4n) is 3.09. The molecule has 5 heteroatoms. The lowest BCUT2D eigenvalue weighted by Crippen LogP contribution is -2.37. The first-order chi connectivity index (χ1) is 10.3. The number of aliphatic carboxylic acids is 1. The Bertz CT molecular complexity index is 710. The number of fused-ring (bicyclic) bond motifs is 1. The minimum absolute atomic E-state index is 0.200. The highest BCUT2D eigenvalue weighted by atomic mass is 19.4. The van der Waals surface area contributed by atoms with E-state index in [-0.39, 0.29) is 18.4 Å². The minimum atomic E-state index is -4.48. The lowest BCUT2D eigenvalue weighted by atomic mass is 9.77. The molecule has 0 radical (unpaired) electrons. The van der Waals surface area contributed by atoms with Crippen molar-refractivity contribution in [3.8, 4) is 0 Å². The lowest BCUT2D eigenvalue weighted by Gasteiger charge is -2.25. The Labute approximate surface area is 125 Å². The van der Waals surface area contributed by atoms with Crippen molar-refractivity contribution < 1.29 is 23.1 Å². The maximum Gasteiger partial charge on any atom is 0.416 e. The summed E-state index contributed by atoms with van der Waals surface area (Å²) in [4.78, 5) is 11.9. The van der Waals surface area contributed by atoms with Gasteiger partial charge < -0.3 is 5.11 Å². The van der Waals surface area contributed by atoms with E-state index in [4.69, 9.17) is 0 Å². The number of rotatable bonds is 2. The number of halogens is 3. The molecule has 0 saturated heterocycles. The summed E-state index contributed by atoms with van der Waals surface area (Å²) in [7, 11) is 0. The van der Waals surface area contributed by atoms with Crippen LogP contribution < -0.4 is 0 Å². The number of hydrogen-bond donors (Lipinski definition) is 1. The summed E-state index contributed by atoms with van der Waals surface area (Å²) >= 11 is 0. The SMILES string of the molecule is O=C(O)C1(c2cccc(C(F)(F)F)c2)Cc2ccccc2C1. The number of carboxylic acid groups (broad SMARTS) is 1. The monoisotopic (exact) mass is 306 g/mol. The van der Waals surface area contributed by atoms with Crippen LogP contribution in [0.3, 0.4) is 0 Å². The highest BCUT2D eigenvalue weighted by Gasteiger charge is 2.46. The quantitative estimate of drug-likeness (QED) is 0.915. The molecule has 1 aliphatic carbocycles. The number of alkyl halides is 3. The zero-order valence-corrected chi connectivity index (χ0v) is 11.5. The van der Waals surface area contributed by atoms with Crippen molar-refractivity contribution in [2.24, 2.45) is 0 Å². The fraction of sp³-hybridized carbons (Fsp3) is 0.235. The van der Waals surface area contributed by atoms with Crippen LogP contribution in [0.2, 0.25) is 0 Å². The molecule has 0 saturated carbocycles. The van der Waals surface area contributed by atoms with Crippen molar-refractivity contribution in [2.75, 3.05) is 0 Å². The van der Waals surface area contributed by atoms with Crippen LogP contribution in [0.1, 0.15) is 22.3 Å². The molecule has 0 fully saturated rings. The number of carboxylic acids is 1. The van der Waals surface area contributed by atoms with E-state index >= 15 is 0 Å². The predicted molar refractivity (Wildman–Crippen MR) is 74.6 cm³/mol. The number of hydrogen-bond acceptors (Lipinski definition) is 1. The second-order valence-electron chi connectivity index (χ2n) is 5.59. The molecular weight excluding hydrogens is 293 g/mol. The Kier molecular flexibility index (Phi) is 3.24. The predicted octanol–water partition coefficient (Wildman–Crippen LogP) is 3.83. The molecule has 0 atom stereocenters. The molecule has 0 spiro atoms. The molecule has 2 nitrogen and oxygen atoms in total. The van der Waals surface area contributed by atoms with Gasteiger partial charge in [0.1, 0.15) is 5.41 Å². The second kappa shape index (κ2) is 4.87. The second-order valence-corrected chi connectivity index (χ2v) is 5.59. The maximum absolute atomic E-state index is 12.9. The maximum atomic E-state index is 12.9. The topological polar surface area (TPSA) is 37.3 Å². The molecular formula is C17H13F3O2. The summed E-state index contributed by atoms with van der Waals surface area (Å²) in [6.45, 7) is 0. The molecule has 0 bridgehead atoms. The van der Waals surface area contributed by atoms with Gasteiger partial charge in [-0.05, 0) is 35.6 Å². The van der Waals surface area contributed by atoms with Crippen LogP contribution in [-0.2, 0) is 29.2 Å². The van der Waals surface area contributed by atoms with Crippen molar-refractivity contribution in [3.05, 3.63) is 70.8 Å². The van der Waals surface area contributed by atoms with Gasteiger partial charge in [-0.1, -0.05) is 42.5 Å². The van der Waals surface area contributed by atoms with Gasteiger partial charge in [-0.2, -0.15) is 13.2 Å². The van der Waals surface area contributed by atoms with Gasteiger partial charge in [0.2, 0.25) is 0 Å². The Balaban J connectivity index is 2.10. The van der Waals surface area contributed by atoms with Crippen LogP contribution in [0.4, 0.5) is 13.2 Å². The Morgan fingerprint density at radius 3 is 2.09 bits per heavy atom. The number of carbonyl (C=O) groups is 1. The van der Waals surface area contributed by atoms with Gasteiger partial charge in [0, 0.05) is 0 Å². The molecule has 0 aromatic heterocycles. The van der Waals surface area contributed by atoms with E-state index < -0.39 is 23.1 Å². The van der Waals surface area contributed by atoms with Crippen LogP contribution in [0.5, 0.6) is 0 Å². The third-order valence-electron chi connectivity index (χ3n) is 4.25. The molecule has 22 heavy (non-hydrogen) atoms. The van der Waals surface area contributed by atoms with Crippen LogP contribution in [0, 0.1) is 0 Å². The van der Waals surface area contributed by atoms with E-state index in [1.54, 1.807) is 0 Å². The summed E-state index contributed by atoms with van der Waals surface area (Å²) in [6, 6.07) is 11.9. The first-order valence-corrected chi connectivity index (χ1v) is 6.81. The summed E-state index contributed by atoms with van der Waals surface area (Å²) in [5, 5.41) is 9.70. The molecule has 2 aromatic rings. The van der Waals surface area contributed by atoms with Gasteiger partial charge in [0.25, 0.3) is 0 Å². The van der Waals surface area contributed by atoms with Gasteiger partial charge in [0.15, 0.2) is 0 Å². The molecule has 2 aromatic carbocycles. The van der Waals surface area contributed by atoms with E-state index in [2.05, 4.69) is 0 Å². The van der Waals surface area contributed by atoms with Crippen molar-refractivity contribution >= 4 is 5.97 Å². The minimum Gasteiger partial charge on any atom is -0.481 e. The average molecular weight is 306 g/mol. The summed E-state index contributed by atoms with van der Waals surface area (Å²) in [6.07, 6.45) is -4.07. The zero-order chi connectivity index (χ0) is 16.0. The van der Waals surface area contributed by atoms with Gasteiger partial charge in [-0.25, -0.2) is 0 Å². The first kappa shape index (κ1) is 14.6. The third-order valence-corrected chi connectivity index (χ3v) is 4.25. The van der Waals surface area contributed by atoms with Crippen LogP contribution in [-0.4, -0.2) is 11.1 Å². The van der Waals surface area contributed by atoms with E-state index in [1.165, 1.54) is 12.1 Å². The normalized spacial score (nSPS) is 16.3. The van der Waals surface area contributed by atoms with E-state index in [1.807, 2.05) is 24.3 Å². The Morgan fingerprint density at radius 2 is 1.59 bits per heavy atom. The van der Waals surface area contributed by atoms with Crippen LogP contribution in [0.25, 0.3) is 0 Å². The van der Waals surface area contributed by atoms with Crippen LogP contribution in [0.15, 0.2) is 48.5 Å². The first-order valence-electron chi connectivity index (χ1n) is 6.81.